The largest absolute Gasteiger partial charge is 0.497 e. The van der Waals surface area contributed by atoms with E-state index in [1.807, 2.05) is 0 Å². The molecule has 0 radical (unpaired) electrons. The molecule has 1 aromatic rings. The third kappa shape index (κ3) is 8.84. The first kappa shape index (κ1) is 24.1. The Balaban J connectivity index is 2.52. The lowest BCUT2D eigenvalue weighted by molar-refractivity contribution is -0.145. The van der Waals surface area contributed by atoms with Gasteiger partial charge in [-0.2, -0.15) is 0 Å². The lowest BCUT2D eigenvalue weighted by Gasteiger charge is -2.21. The minimum atomic E-state index is -4.13. The van der Waals surface area contributed by atoms with Crippen molar-refractivity contribution >= 4 is 19.5 Å². The van der Waals surface area contributed by atoms with Crippen LogP contribution in [0.5, 0.6) is 5.75 Å². The summed E-state index contributed by atoms with van der Waals surface area (Å²) in [6.07, 6.45) is -0.420. The average molecular weight is 416 g/mol. The Morgan fingerprint density at radius 1 is 1.25 bits per heavy atom. The van der Waals surface area contributed by atoms with Crippen molar-refractivity contribution in [1.29, 1.82) is 0 Å². The number of hydrogen-bond acceptors (Lipinski definition) is 6. The summed E-state index contributed by atoms with van der Waals surface area (Å²) in [5.41, 5.74) is 5.80. The molecular formula is C18H29N2O7P. The number of ether oxygens (including phenoxy) is 1. The molecule has 0 saturated heterocycles. The highest BCUT2D eigenvalue weighted by Gasteiger charge is 2.31. The second-order valence-corrected chi connectivity index (χ2v) is 8.43. The van der Waals surface area contributed by atoms with Crippen LogP contribution in [0.1, 0.15) is 36.5 Å². The highest BCUT2D eigenvalue weighted by Crippen LogP contribution is 2.45. The molecule has 0 bridgehead atoms. The van der Waals surface area contributed by atoms with Crippen LogP contribution in [0.3, 0.4) is 0 Å². The zero-order chi connectivity index (χ0) is 21.2. The fourth-order valence-corrected chi connectivity index (χ4v) is 4.10. The summed E-state index contributed by atoms with van der Waals surface area (Å²) in [5.74, 6) is -1.38. The lowest BCUT2D eigenvalue weighted by Crippen LogP contribution is -2.30. The van der Waals surface area contributed by atoms with E-state index in [0.29, 0.717) is 30.7 Å². The molecule has 10 heteroatoms. The SMILES string of the molecule is COc1ccc(C(=O)NCC(C)CP(=O)(O)O[C@@H](CCCCN)C(=O)O)cc1. The minimum Gasteiger partial charge on any atom is -0.497 e. The molecule has 0 fully saturated rings. The Kier molecular flexibility index (Phi) is 10.2. The number of benzene rings is 1. The molecule has 0 aromatic heterocycles. The molecule has 1 rings (SSSR count). The van der Waals surface area contributed by atoms with Crippen molar-refractivity contribution in [3.05, 3.63) is 29.8 Å². The number of aliphatic carboxylic acids is 1. The normalized spacial score (nSPS) is 15.3. The number of carboxylic acids is 1. The van der Waals surface area contributed by atoms with Crippen LogP contribution < -0.4 is 15.8 Å². The number of nitrogens with two attached hydrogens (primary N) is 1. The fraction of sp³-hybridized carbons (Fsp3) is 0.556. The van der Waals surface area contributed by atoms with Gasteiger partial charge in [0.15, 0.2) is 6.10 Å². The van der Waals surface area contributed by atoms with Crippen molar-refractivity contribution in [3.63, 3.8) is 0 Å². The molecular weight excluding hydrogens is 387 g/mol. The van der Waals surface area contributed by atoms with Crippen LogP contribution in [0.4, 0.5) is 0 Å². The van der Waals surface area contributed by atoms with Gasteiger partial charge in [0.25, 0.3) is 5.91 Å². The van der Waals surface area contributed by atoms with Gasteiger partial charge in [-0.05, 0) is 56.0 Å². The van der Waals surface area contributed by atoms with Crippen LogP contribution >= 0.6 is 7.60 Å². The Bertz CT molecular complexity index is 681. The van der Waals surface area contributed by atoms with E-state index in [0.717, 1.165) is 0 Å². The Hall–Kier alpha value is -1.93. The van der Waals surface area contributed by atoms with Gasteiger partial charge in [0, 0.05) is 12.1 Å². The third-order valence-corrected chi connectivity index (χ3v) is 5.66. The molecule has 0 spiro atoms. The van der Waals surface area contributed by atoms with Crippen LogP contribution in [0, 0.1) is 5.92 Å². The van der Waals surface area contributed by atoms with E-state index in [1.54, 1.807) is 31.2 Å². The predicted molar refractivity (Wildman–Crippen MR) is 105 cm³/mol. The maximum Gasteiger partial charge on any atom is 0.333 e. The monoisotopic (exact) mass is 416 g/mol. The number of amides is 1. The Morgan fingerprint density at radius 3 is 2.43 bits per heavy atom. The number of methoxy groups -OCH3 is 1. The summed E-state index contributed by atoms with van der Waals surface area (Å²) in [6.45, 7) is 2.22. The lowest BCUT2D eigenvalue weighted by atomic mass is 10.1. The van der Waals surface area contributed by atoms with Gasteiger partial charge < -0.3 is 25.8 Å². The molecule has 1 aromatic carbocycles. The molecule has 9 nitrogen and oxygen atoms in total. The highest BCUT2D eigenvalue weighted by atomic mass is 31.2. The number of carboxylic acid groups (broad SMARTS) is 1. The molecule has 0 aliphatic carbocycles. The molecule has 158 valence electrons. The smallest absolute Gasteiger partial charge is 0.333 e. The summed E-state index contributed by atoms with van der Waals surface area (Å²) in [5, 5.41) is 11.8. The number of nitrogens with one attached hydrogen (secondary N) is 1. The van der Waals surface area contributed by atoms with Gasteiger partial charge in [-0.25, -0.2) is 4.79 Å². The van der Waals surface area contributed by atoms with Crippen LogP contribution in [0.15, 0.2) is 24.3 Å². The van der Waals surface area contributed by atoms with Crippen LogP contribution in [0.25, 0.3) is 0 Å². The maximum atomic E-state index is 12.3. The summed E-state index contributed by atoms with van der Waals surface area (Å²) in [7, 11) is -2.60. The topological polar surface area (TPSA) is 148 Å². The molecule has 0 heterocycles. The van der Waals surface area contributed by atoms with Crippen molar-refractivity contribution in [3.8, 4) is 5.75 Å². The van der Waals surface area contributed by atoms with Gasteiger partial charge in [-0.1, -0.05) is 6.92 Å². The minimum absolute atomic E-state index is 0.111. The quantitative estimate of drug-likeness (QED) is 0.281. The number of unbranched alkanes of at least 4 members (excludes halogenated alkanes) is 1. The Morgan fingerprint density at radius 2 is 1.89 bits per heavy atom. The maximum absolute atomic E-state index is 12.3. The fourth-order valence-electron chi connectivity index (χ4n) is 2.51. The van der Waals surface area contributed by atoms with Crippen molar-refractivity contribution in [2.24, 2.45) is 11.7 Å². The van der Waals surface area contributed by atoms with Crippen molar-refractivity contribution in [1.82, 2.24) is 5.32 Å². The van der Waals surface area contributed by atoms with E-state index in [-0.39, 0.29) is 25.0 Å². The third-order valence-electron chi connectivity index (χ3n) is 3.99. The summed E-state index contributed by atoms with van der Waals surface area (Å²) >= 11 is 0. The predicted octanol–water partition coefficient (Wildman–Crippen LogP) is 1.85. The van der Waals surface area contributed by atoms with E-state index in [4.69, 9.17) is 20.1 Å². The molecule has 0 saturated carbocycles. The first-order chi connectivity index (χ1) is 13.2. The van der Waals surface area contributed by atoms with Crippen molar-refractivity contribution < 1.29 is 33.4 Å². The highest BCUT2D eigenvalue weighted by molar-refractivity contribution is 7.52. The molecule has 1 amide bonds. The van der Waals surface area contributed by atoms with Crippen molar-refractivity contribution in [2.45, 2.75) is 32.3 Å². The molecule has 0 aliphatic heterocycles. The first-order valence-electron chi connectivity index (χ1n) is 9.04. The molecule has 0 aliphatic rings. The van der Waals surface area contributed by atoms with Crippen LogP contribution in [-0.2, 0) is 13.9 Å². The summed E-state index contributed by atoms with van der Waals surface area (Å²) < 4.78 is 22.3. The zero-order valence-corrected chi connectivity index (χ0v) is 17.1. The molecule has 2 unspecified atom stereocenters. The van der Waals surface area contributed by atoms with E-state index in [1.165, 1.54) is 7.11 Å². The summed E-state index contributed by atoms with van der Waals surface area (Å²) in [6, 6.07) is 6.53. The second kappa shape index (κ2) is 11.8. The first-order valence-corrected chi connectivity index (χ1v) is 10.8. The van der Waals surface area contributed by atoms with Gasteiger partial charge >= 0.3 is 13.6 Å². The summed E-state index contributed by atoms with van der Waals surface area (Å²) in [4.78, 5) is 33.4. The Labute approximate surface area is 164 Å². The number of rotatable bonds is 13. The van der Waals surface area contributed by atoms with Crippen LogP contribution in [0.2, 0.25) is 0 Å². The average Bonchev–Trinajstić information content (AvgIpc) is 2.65. The number of carbonyl (C=O) groups is 2. The van der Waals surface area contributed by atoms with E-state index in [9.17, 15) is 19.0 Å². The zero-order valence-electron chi connectivity index (χ0n) is 16.2. The van der Waals surface area contributed by atoms with E-state index in [2.05, 4.69) is 5.32 Å². The van der Waals surface area contributed by atoms with Gasteiger partial charge in [0.2, 0.25) is 0 Å². The van der Waals surface area contributed by atoms with Gasteiger partial charge in [-0.15, -0.1) is 0 Å². The van der Waals surface area contributed by atoms with Crippen molar-refractivity contribution in [2.75, 3.05) is 26.4 Å². The van der Waals surface area contributed by atoms with E-state index < -0.39 is 25.6 Å². The number of carbonyl (C=O) groups excluding carboxylic acids is 1. The van der Waals surface area contributed by atoms with Gasteiger partial charge in [-0.3, -0.25) is 13.9 Å². The number of hydrogen-bond donors (Lipinski definition) is 4. The van der Waals surface area contributed by atoms with Gasteiger partial charge in [0.05, 0.1) is 13.3 Å². The van der Waals surface area contributed by atoms with E-state index >= 15 is 0 Å². The second-order valence-electron chi connectivity index (χ2n) is 6.58. The molecule has 3 atom stereocenters. The molecule has 28 heavy (non-hydrogen) atoms. The standard InChI is InChI=1S/C18H29N2O7P/c1-13(11-20-17(21)14-6-8-15(26-2)9-7-14)12-28(24,25)27-16(18(22)23)5-3-4-10-19/h6-9,13,16H,3-5,10-12,19H2,1-2H3,(H,20,21)(H,22,23)(H,24,25)/t13?,16-/m0/s1. The van der Waals surface area contributed by atoms with Gasteiger partial charge in [0.1, 0.15) is 5.75 Å². The molecule has 5 N–H and O–H groups in total. The van der Waals surface area contributed by atoms with Crippen LogP contribution in [-0.4, -0.2) is 54.3 Å².